The highest BCUT2D eigenvalue weighted by Gasteiger charge is 2.06. The summed E-state index contributed by atoms with van der Waals surface area (Å²) in [7, 11) is 1.69. The Bertz CT molecular complexity index is 537. The lowest BCUT2D eigenvalue weighted by atomic mass is 10.1. The van der Waals surface area contributed by atoms with Crippen molar-refractivity contribution in [3.05, 3.63) is 34.3 Å². The minimum Gasteiger partial charge on any atom is -0.408 e. The van der Waals surface area contributed by atoms with Crippen LogP contribution in [0.5, 0.6) is 0 Å². The number of hydrogen-bond donors (Lipinski definition) is 1. The van der Waals surface area contributed by atoms with Gasteiger partial charge in [0.15, 0.2) is 5.58 Å². The molecule has 2 N–H and O–H groups in total. The molecule has 0 bridgehead atoms. The maximum atomic E-state index is 11.2. The number of nitrogens with zero attached hydrogens (tertiary/aromatic N) is 1. The van der Waals surface area contributed by atoms with E-state index in [1.165, 1.54) is 4.57 Å². The van der Waals surface area contributed by atoms with E-state index in [4.69, 9.17) is 10.2 Å². The van der Waals surface area contributed by atoms with Crippen LogP contribution in [0.4, 0.5) is 0 Å². The lowest BCUT2D eigenvalue weighted by Crippen LogP contribution is -2.17. The lowest BCUT2D eigenvalue weighted by molar-refractivity contribution is 0.527. The van der Waals surface area contributed by atoms with E-state index in [2.05, 4.69) is 0 Å². The molecule has 1 unspecified atom stereocenters. The summed E-state index contributed by atoms with van der Waals surface area (Å²) < 4.78 is 6.58. The molecule has 0 fully saturated rings. The van der Waals surface area contributed by atoms with Crippen molar-refractivity contribution >= 4 is 11.1 Å². The highest BCUT2D eigenvalue weighted by molar-refractivity contribution is 5.73. The number of rotatable bonds is 2. The quantitative estimate of drug-likeness (QED) is 0.798. The average molecular weight is 206 g/mol. The Labute approximate surface area is 87.3 Å². The van der Waals surface area contributed by atoms with Gasteiger partial charge in [-0.2, -0.15) is 0 Å². The molecule has 1 aromatic carbocycles. The van der Waals surface area contributed by atoms with Crippen molar-refractivity contribution in [1.29, 1.82) is 0 Å². The number of nitrogens with two attached hydrogens (primary N) is 1. The van der Waals surface area contributed by atoms with Crippen LogP contribution in [0.1, 0.15) is 12.5 Å². The van der Waals surface area contributed by atoms with Crippen LogP contribution in [-0.4, -0.2) is 10.6 Å². The van der Waals surface area contributed by atoms with Gasteiger partial charge in [0, 0.05) is 13.1 Å². The van der Waals surface area contributed by atoms with Gasteiger partial charge in [-0.05, 0) is 31.0 Å². The normalized spacial score (nSPS) is 13.3. The number of hydrogen-bond acceptors (Lipinski definition) is 3. The van der Waals surface area contributed by atoms with Crippen LogP contribution >= 0.6 is 0 Å². The first kappa shape index (κ1) is 9.98. The molecule has 0 spiro atoms. The molecule has 15 heavy (non-hydrogen) atoms. The van der Waals surface area contributed by atoms with Crippen LogP contribution in [0.25, 0.3) is 11.1 Å². The zero-order chi connectivity index (χ0) is 11.0. The Balaban J connectivity index is 2.52. The number of fused-ring (bicyclic) bond motifs is 1. The van der Waals surface area contributed by atoms with Crippen LogP contribution in [0.2, 0.25) is 0 Å². The Morgan fingerprint density at radius 3 is 2.93 bits per heavy atom. The van der Waals surface area contributed by atoms with Gasteiger partial charge >= 0.3 is 5.76 Å². The zero-order valence-corrected chi connectivity index (χ0v) is 8.86. The minimum absolute atomic E-state index is 0.109. The van der Waals surface area contributed by atoms with E-state index >= 15 is 0 Å². The third-order valence-corrected chi connectivity index (χ3v) is 2.41. The summed E-state index contributed by atoms with van der Waals surface area (Å²) in [5, 5.41) is 0. The highest BCUT2D eigenvalue weighted by Crippen LogP contribution is 2.14. The van der Waals surface area contributed by atoms with E-state index in [1.807, 2.05) is 25.1 Å². The maximum Gasteiger partial charge on any atom is 0.419 e. The largest absolute Gasteiger partial charge is 0.419 e. The minimum atomic E-state index is -0.331. The summed E-state index contributed by atoms with van der Waals surface area (Å²) in [4.78, 5) is 11.2. The fourth-order valence-corrected chi connectivity index (χ4v) is 1.68. The Morgan fingerprint density at radius 2 is 2.27 bits per heavy atom. The molecule has 0 aliphatic rings. The smallest absolute Gasteiger partial charge is 0.408 e. The third-order valence-electron chi connectivity index (χ3n) is 2.41. The van der Waals surface area contributed by atoms with E-state index in [1.54, 1.807) is 7.05 Å². The van der Waals surface area contributed by atoms with Crippen LogP contribution in [0.15, 0.2) is 27.4 Å². The molecule has 4 nitrogen and oxygen atoms in total. The van der Waals surface area contributed by atoms with E-state index in [9.17, 15) is 4.79 Å². The Kier molecular flexibility index (Phi) is 2.36. The maximum absolute atomic E-state index is 11.2. The molecular formula is C11H14N2O2. The Hall–Kier alpha value is -1.55. The van der Waals surface area contributed by atoms with Gasteiger partial charge in [-0.25, -0.2) is 4.79 Å². The predicted molar refractivity (Wildman–Crippen MR) is 58.8 cm³/mol. The van der Waals surface area contributed by atoms with Crippen LogP contribution in [0, 0.1) is 0 Å². The lowest BCUT2D eigenvalue weighted by Gasteiger charge is -2.04. The van der Waals surface area contributed by atoms with Crippen LogP contribution < -0.4 is 11.5 Å². The molecule has 0 amide bonds. The molecule has 1 aromatic heterocycles. The monoisotopic (exact) mass is 206 g/mol. The molecule has 80 valence electrons. The van der Waals surface area contributed by atoms with Crippen LogP contribution in [0.3, 0.4) is 0 Å². The van der Waals surface area contributed by atoms with Crippen molar-refractivity contribution in [2.24, 2.45) is 12.8 Å². The van der Waals surface area contributed by atoms with Gasteiger partial charge in [-0.3, -0.25) is 4.57 Å². The molecule has 4 heteroatoms. The first-order valence-electron chi connectivity index (χ1n) is 4.92. The van der Waals surface area contributed by atoms with Crippen molar-refractivity contribution in [3.8, 4) is 0 Å². The average Bonchev–Trinajstić information content (AvgIpc) is 2.41. The van der Waals surface area contributed by atoms with Gasteiger partial charge in [-0.15, -0.1) is 0 Å². The topological polar surface area (TPSA) is 61.2 Å². The third kappa shape index (κ3) is 1.80. The Morgan fingerprint density at radius 1 is 1.53 bits per heavy atom. The summed E-state index contributed by atoms with van der Waals surface area (Å²) in [5.41, 5.74) is 8.23. The van der Waals surface area contributed by atoms with Gasteiger partial charge in [0.2, 0.25) is 0 Å². The summed E-state index contributed by atoms with van der Waals surface area (Å²) in [6, 6.07) is 5.84. The second kappa shape index (κ2) is 3.55. The molecule has 0 saturated carbocycles. The van der Waals surface area contributed by atoms with Gasteiger partial charge in [0.25, 0.3) is 0 Å². The van der Waals surface area contributed by atoms with Gasteiger partial charge < -0.3 is 10.2 Å². The van der Waals surface area contributed by atoms with Crippen LogP contribution in [-0.2, 0) is 13.5 Å². The van der Waals surface area contributed by atoms with Crippen molar-refractivity contribution in [1.82, 2.24) is 4.57 Å². The molecule has 1 atom stereocenters. The summed E-state index contributed by atoms with van der Waals surface area (Å²) >= 11 is 0. The standard InChI is InChI=1S/C11H14N2O2/c1-7(12)5-8-3-4-9-10(6-8)15-11(14)13(9)2/h3-4,6-7H,5,12H2,1-2H3. The summed E-state index contributed by atoms with van der Waals surface area (Å²) in [6.07, 6.45) is 0.786. The predicted octanol–water partition coefficient (Wildman–Crippen LogP) is 1.02. The highest BCUT2D eigenvalue weighted by atomic mass is 16.4. The molecule has 2 rings (SSSR count). The van der Waals surface area contributed by atoms with Gasteiger partial charge in [-0.1, -0.05) is 6.07 Å². The molecular weight excluding hydrogens is 192 g/mol. The first-order valence-corrected chi connectivity index (χ1v) is 4.92. The van der Waals surface area contributed by atoms with Crippen molar-refractivity contribution in [2.45, 2.75) is 19.4 Å². The SMILES string of the molecule is CC(N)Cc1ccc2c(c1)oc(=O)n2C. The fourth-order valence-electron chi connectivity index (χ4n) is 1.68. The van der Waals surface area contributed by atoms with E-state index in [-0.39, 0.29) is 11.8 Å². The van der Waals surface area contributed by atoms with E-state index in [0.717, 1.165) is 17.5 Å². The summed E-state index contributed by atoms with van der Waals surface area (Å²) in [6.45, 7) is 1.95. The number of aryl methyl sites for hydroxylation is 1. The number of benzene rings is 1. The zero-order valence-electron chi connectivity index (χ0n) is 8.86. The molecule has 0 aliphatic heterocycles. The number of aromatic nitrogens is 1. The molecule has 0 radical (unpaired) electrons. The van der Waals surface area contributed by atoms with E-state index in [0.29, 0.717) is 5.58 Å². The van der Waals surface area contributed by atoms with Crippen molar-refractivity contribution < 1.29 is 4.42 Å². The molecule has 0 aliphatic carbocycles. The number of oxazole rings is 1. The first-order chi connectivity index (χ1) is 7.08. The van der Waals surface area contributed by atoms with Gasteiger partial charge in [0.05, 0.1) is 5.52 Å². The van der Waals surface area contributed by atoms with Gasteiger partial charge in [0.1, 0.15) is 0 Å². The second-order valence-corrected chi connectivity index (χ2v) is 3.91. The fraction of sp³-hybridized carbons (Fsp3) is 0.364. The summed E-state index contributed by atoms with van der Waals surface area (Å²) in [5.74, 6) is -0.331. The molecule has 0 saturated heterocycles. The molecule has 1 heterocycles. The van der Waals surface area contributed by atoms with Crippen molar-refractivity contribution in [2.75, 3.05) is 0 Å². The second-order valence-electron chi connectivity index (χ2n) is 3.91. The van der Waals surface area contributed by atoms with Crippen molar-refractivity contribution in [3.63, 3.8) is 0 Å². The van der Waals surface area contributed by atoms with E-state index < -0.39 is 0 Å². The molecule has 2 aromatic rings.